The molecule has 7 heteroatoms. The second kappa shape index (κ2) is 11.0. The van der Waals surface area contributed by atoms with Gasteiger partial charge >= 0.3 is 5.97 Å². The van der Waals surface area contributed by atoms with Crippen LogP contribution in [0.4, 0.5) is 0 Å². The number of hydrogen-bond donors (Lipinski definition) is 2. The van der Waals surface area contributed by atoms with Crippen LogP contribution in [-0.4, -0.2) is 42.8 Å². The van der Waals surface area contributed by atoms with Crippen LogP contribution in [0.15, 0.2) is 30.3 Å². The molecule has 2 N–H and O–H groups in total. The van der Waals surface area contributed by atoms with Gasteiger partial charge in [0.2, 0.25) is 11.8 Å². The SMILES string of the molecule is CCOC(=O)CCC(=O)CNC(=O)[C@H](Cc1ccccc1)NC(C)=O. The maximum atomic E-state index is 12.3. The van der Waals surface area contributed by atoms with E-state index in [2.05, 4.69) is 10.6 Å². The molecule has 0 spiro atoms. The van der Waals surface area contributed by atoms with Crippen molar-refractivity contribution in [1.82, 2.24) is 10.6 Å². The van der Waals surface area contributed by atoms with Crippen molar-refractivity contribution in [3.8, 4) is 0 Å². The van der Waals surface area contributed by atoms with Gasteiger partial charge in [-0.05, 0) is 12.5 Å². The Bertz CT molecular complexity index is 601. The predicted molar refractivity (Wildman–Crippen MR) is 91.6 cm³/mol. The summed E-state index contributed by atoms with van der Waals surface area (Å²) in [5.74, 6) is -1.49. The van der Waals surface area contributed by atoms with Crippen molar-refractivity contribution in [2.24, 2.45) is 0 Å². The van der Waals surface area contributed by atoms with Gasteiger partial charge in [0.1, 0.15) is 6.04 Å². The quantitative estimate of drug-likeness (QED) is 0.608. The standard InChI is InChI=1S/C18H24N2O5/c1-3-25-17(23)10-9-15(22)12-19-18(24)16(20-13(2)21)11-14-7-5-4-6-8-14/h4-8,16H,3,9-12H2,1-2H3,(H,19,24)(H,20,21)/t16-/m0/s1. The Morgan fingerprint density at radius 2 is 1.76 bits per heavy atom. The van der Waals surface area contributed by atoms with Crippen molar-refractivity contribution >= 4 is 23.6 Å². The molecule has 1 aromatic carbocycles. The van der Waals surface area contributed by atoms with Crippen molar-refractivity contribution in [1.29, 1.82) is 0 Å². The minimum absolute atomic E-state index is 0.00258. The molecule has 0 saturated carbocycles. The highest BCUT2D eigenvalue weighted by Crippen LogP contribution is 2.04. The largest absolute Gasteiger partial charge is 0.466 e. The number of hydrogen-bond acceptors (Lipinski definition) is 5. The van der Waals surface area contributed by atoms with Gasteiger partial charge < -0.3 is 15.4 Å². The number of benzene rings is 1. The zero-order valence-corrected chi connectivity index (χ0v) is 14.5. The Kier molecular flexibility index (Phi) is 8.92. The Labute approximate surface area is 147 Å². The van der Waals surface area contributed by atoms with Crippen molar-refractivity contribution in [3.63, 3.8) is 0 Å². The highest BCUT2D eigenvalue weighted by molar-refractivity contribution is 5.91. The first-order chi connectivity index (χ1) is 11.9. The first-order valence-corrected chi connectivity index (χ1v) is 8.18. The number of carbonyl (C=O) groups is 4. The minimum atomic E-state index is -0.766. The average Bonchev–Trinajstić information content (AvgIpc) is 2.58. The van der Waals surface area contributed by atoms with E-state index in [-0.39, 0.29) is 37.7 Å². The molecular formula is C18H24N2O5. The lowest BCUT2D eigenvalue weighted by molar-refractivity contribution is -0.144. The van der Waals surface area contributed by atoms with Gasteiger partial charge in [0.05, 0.1) is 19.6 Å². The molecule has 0 fully saturated rings. The molecule has 0 unspecified atom stereocenters. The second-order valence-corrected chi connectivity index (χ2v) is 5.50. The maximum absolute atomic E-state index is 12.3. The van der Waals surface area contributed by atoms with Crippen LogP contribution in [0.3, 0.4) is 0 Å². The molecule has 0 heterocycles. The summed E-state index contributed by atoms with van der Waals surface area (Å²) in [5.41, 5.74) is 0.894. The molecule has 2 amide bonds. The number of nitrogens with one attached hydrogen (secondary N) is 2. The molecular weight excluding hydrogens is 324 g/mol. The third-order valence-electron chi connectivity index (χ3n) is 3.35. The number of rotatable bonds is 10. The van der Waals surface area contributed by atoms with Gasteiger partial charge in [0.15, 0.2) is 5.78 Å². The maximum Gasteiger partial charge on any atom is 0.306 e. The number of Topliss-reactive ketones (excluding diaryl/α,β-unsaturated/α-hetero) is 1. The molecule has 0 bridgehead atoms. The molecule has 0 aliphatic carbocycles. The zero-order valence-electron chi connectivity index (χ0n) is 14.5. The molecule has 0 radical (unpaired) electrons. The number of carbonyl (C=O) groups excluding carboxylic acids is 4. The number of ether oxygens (including phenoxy) is 1. The summed E-state index contributed by atoms with van der Waals surface area (Å²) in [7, 11) is 0. The number of esters is 1. The molecule has 25 heavy (non-hydrogen) atoms. The summed E-state index contributed by atoms with van der Waals surface area (Å²) < 4.78 is 4.74. The summed E-state index contributed by atoms with van der Waals surface area (Å²) in [4.78, 5) is 46.5. The lowest BCUT2D eigenvalue weighted by Crippen LogP contribution is -2.48. The van der Waals surface area contributed by atoms with Gasteiger partial charge in [-0.3, -0.25) is 19.2 Å². The van der Waals surface area contributed by atoms with Crippen molar-refractivity contribution in [3.05, 3.63) is 35.9 Å². The monoisotopic (exact) mass is 348 g/mol. The molecule has 0 aromatic heterocycles. The van der Waals surface area contributed by atoms with Crippen LogP contribution in [0.5, 0.6) is 0 Å². The first-order valence-electron chi connectivity index (χ1n) is 8.18. The zero-order chi connectivity index (χ0) is 18.7. The fourth-order valence-electron chi connectivity index (χ4n) is 2.18. The van der Waals surface area contributed by atoms with Crippen LogP contribution in [0, 0.1) is 0 Å². The van der Waals surface area contributed by atoms with Crippen molar-refractivity contribution in [2.75, 3.05) is 13.2 Å². The summed E-state index contributed by atoms with van der Waals surface area (Å²) in [5, 5.41) is 5.09. The molecule has 0 saturated heterocycles. The van der Waals surface area contributed by atoms with E-state index < -0.39 is 17.9 Å². The average molecular weight is 348 g/mol. The van der Waals surface area contributed by atoms with Crippen LogP contribution < -0.4 is 10.6 Å². The number of amides is 2. The van der Waals surface area contributed by atoms with Crippen LogP contribution >= 0.6 is 0 Å². The van der Waals surface area contributed by atoms with Gasteiger partial charge in [-0.15, -0.1) is 0 Å². The smallest absolute Gasteiger partial charge is 0.306 e. The van der Waals surface area contributed by atoms with Crippen LogP contribution in [0.2, 0.25) is 0 Å². The Balaban J connectivity index is 2.50. The van der Waals surface area contributed by atoms with E-state index in [1.807, 2.05) is 30.3 Å². The van der Waals surface area contributed by atoms with Gasteiger partial charge in [0, 0.05) is 19.8 Å². The Hall–Kier alpha value is -2.70. The summed E-state index contributed by atoms with van der Waals surface area (Å²) in [6, 6.07) is 8.49. The van der Waals surface area contributed by atoms with Gasteiger partial charge in [-0.25, -0.2) is 0 Å². The fourth-order valence-corrected chi connectivity index (χ4v) is 2.18. The van der Waals surface area contributed by atoms with Crippen LogP contribution in [0.1, 0.15) is 32.3 Å². The second-order valence-electron chi connectivity index (χ2n) is 5.50. The van der Waals surface area contributed by atoms with Gasteiger partial charge in [-0.1, -0.05) is 30.3 Å². The normalized spacial score (nSPS) is 11.3. The topological polar surface area (TPSA) is 102 Å². The highest BCUT2D eigenvalue weighted by Gasteiger charge is 2.20. The van der Waals surface area contributed by atoms with Crippen molar-refractivity contribution < 1.29 is 23.9 Å². The van der Waals surface area contributed by atoms with Crippen molar-refractivity contribution in [2.45, 2.75) is 39.2 Å². The number of ketones is 1. The minimum Gasteiger partial charge on any atom is -0.466 e. The van der Waals surface area contributed by atoms with E-state index in [9.17, 15) is 19.2 Å². The predicted octanol–water partition coefficient (Wildman–Crippen LogP) is 0.762. The van der Waals surface area contributed by atoms with Gasteiger partial charge in [0.25, 0.3) is 0 Å². The van der Waals surface area contributed by atoms with E-state index >= 15 is 0 Å². The fraction of sp³-hybridized carbons (Fsp3) is 0.444. The third-order valence-corrected chi connectivity index (χ3v) is 3.35. The van der Waals surface area contributed by atoms with E-state index in [1.165, 1.54) is 6.92 Å². The summed E-state index contributed by atoms with van der Waals surface area (Å²) in [6.45, 7) is 3.09. The van der Waals surface area contributed by atoms with Crippen LogP contribution in [-0.2, 0) is 30.3 Å². The lowest BCUT2D eigenvalue weighted by Gasteiger charge is -2.17. The molecule has 0 aliphatic rings. The summed E-state index contributed by atoms with van der Waals surface area (Å²) >= 11 is 0. The van der Waals surface area contributed by atoms with E-state index in [1.54, 1.807) is 6.92 Å². The molecule has 136 valence electrons. The van der Waals surface area contributed by atoms with Gasteiger partial charge in [-0.2, -0.15) is 0 Å². The molecule has 7 nitrogen and oxygen atoms in total. The van der Waals surface area contributed by atoms with E-state index in [0.717, 1.165) is 5.56 Å². The Morgan fingerprint density at radius 3 is 2.36 bits per heavy atom. The molecule has 1 aromatic rings. The van der Waals surface area contributed by atoms with E-state index in [0.29, 0.717) is 6.42 Å². The highest BCUT2D eigenvalue weighted by atomic mass is 16.5. The summed E-state index contributed by atoms with van der Waals surface area (Å²) in [6.07, 6.45) is 0.313. The van der Waals surface area contributed by atoms with E-state index in [4.69, 9.17) is 4.74 Å². The lowest BCUT2D eigenvalue weighted by atomic mass is 10.1. The molecule has 0 aliphatic heterocycles. The Morgan fingerprint density at radius 1 is 1.08 bits per heavy atom. The van der Waals surface area contributed by atoms with Crippen LogP contribution in [0.25, 0.3) is 0 Å². The molecule has 1 atom stereocenters. The first kappa shape index (κ1) is 20.3. The molecule has 1 rings (SSSR count). The third kappa shape index (κ3) is 8.64.